The van der Waals surface area contributed by atoms with Crippen LogP contribution in [0.2, 0.25) is 0 Å². The number of thiophene rings is 1. The highest BCUT2D eigenvalue weighted by molar-refractivity contribution is 7.91. The molecule has 3 heterocycles. The Bertz CT molecular complexity index is 1110. The molecule has 1 aromatic carbocycles. The number of nitrogens with zero attached hydrogens (tertiary/aromatic N) is 2. The summed E-state index contributed by atoms with van der Waals surface area (Å²) in [5.41, 5.74) is 2.52. The molecule has 1 aliphatic rings. The van der Waals surface area contributed by atoms with Gasteiger partial charge < -0.3 is 5.32 Å². The van der Waals surface area contributed by atoms with Crippen molar-refractivity contribution in [2.75, 3.05) is 16.8 Å². The predicted octanol–water partition coefficient (Wildman–Crippen LogP) is 3.33. The molecule has 1 aliphatic heterocycles. The first-order valence-electron chi connectivity index (χ1n) is 8.38. The topological polar surface area (TPSA) is 81.1 Å². The summed E-state index contributed by atoms with van der Waals surface area (Å²) in [5, 5.41) is 10.1. The van der Waals surface area contributed by atoms with Crippen molar-refractivity contribution in [3.05, 3.63) is 46.5 Å². The van der Waals surface area contributed by atoms with E-state index in [1.165, 1.54) is 11.3 Å². The molecule has 1 N–H and O–H groups in total. The van der Waals surface area contributed by atoms with E-state index >= 15 is 0 Å². The highest BCUT2D eigenvalue weighted by Gasteiger charge is 2.31. The molecule has 0 saturated carbocycles. The van der Waals surface area contributed by atoms with Gasteiger partial charge in [0.25, 0.3) is 5.91 Å². The molecule has 1 saturated heterocycles. The zero-order chi connectivity index (χ0) is 18.5. The highest BCUT2D eigenvalue weighted by atomic mass is 32.2. The van der Waals surface area contributed by atoms with Crippen molar-refractivity contribution in [2.45, 2.75) is 26.3 Å². The van der Waals surface area contributed by atoms with Crippen LogP contribution in [0.25, 0.3) is 10.1 Å². The first-order valence-corrected chi connectivity index (χ1v) is 11.1. The molecule has 136 valence electrons. The first-order chi connectivity index (χ1) is 12.3. The van der Waals surface area contributed by atoms with Gasteiger partial charge in [-0.2, -0.15) is 5.10 Å². The fourth-order valence-electron chi connectivity index (χ4n) is 3.35. The van der Waals surface area contributed by atoms with Crippen molar-refractivity contribution in [1.29, 1.82) is 0 Å². The lowest BCUT2D eigenvalue weighted by Crippen LogP contribution is -2.19. The van der Waals surface area contributed by atoms with Gasteiger partial charge >= 0.3 is 0 Å². The Kier molecular flexibility index (Phi) is 4.11. The molecule has 6 nitrogen and oxygen atoms in total. The Morgan fingerprint density at radius 3 is 2.85 bits per heavy atom. The second kappa shape index (κ2) is 6.21. The number of carbonyl (C=O) groups is 1. The maximum absolute atomic E-state index is 12.8. The molecule has 1 fully saturated rings. The van der Waals surface area contributed by atoms with Gasteiger partial charge in [0.1, 0.15) is 5.82 Å². The number of hydrogen-bond acceptors (Lipinski definition) is 5. The van der Waals surface area contributed by atoms with E-state index < -0.39 is 9.84 Å². The number of sulfone groups is 1. The fourth-order valence-corrected chi connectivity index (χ4v) is 6.08. The number of fused-ring (bicyclic) bond motifs is 1. The summed E-state index contributed by atoms with van der Waals surface area (Å²) in [6.07, 6.45) is 0.521. The monoisotopic (exact) mass is 389 g/mol. The van der Waals surface area contributed by atoms with Crippen molar-refractivity contribution >= 4 is 43.0 Å². The van der Waals surface area contributed by atoms with E-state index in [9.17, 15) is 13.2 Å². The summed E-state index contributed by atoms with van der Waals surface area (Å²) in [6.45, 7) is 3.86. The van der Waals surface area contributed by atoms with Crippen LogP contribution in [0.5, 0.6) is 0 Å². The van der Waals surface area contributed by atoms with Crippen LogP contribution in [0.1, 0.15) is 34.1 Å². The molecule has 2 aromatic heterocycles. The number of carbonyl (C=O) groups excluding carboxylic acids is 1. The number of aryl methyl sites for hydroxylation is 2. The number of amides is 1. The number of rotatable bonds is 3. The summed E-state index contributed by atoms with van der Waals surface area (Å²) >= 11 is 1.54. The molecule has 1 unspecified atom stereocenters. The Morgan fingerprint density at radius 1 is 1.31 bits per heavy atom. The maximum Gasteiger partial charge on any atom is 0.258 e. The second-order valence-electron chi connectivity index (χ2n) is 6.78. The molecule has 0 aliphatic carbocycles. The fraction of sp³-hybridized carbons (Fsp3) is 0.333. The molecule has 26 heavy (non-hydrogen) atoms. The molecule has 3 aromatic rings. The number of benzene rings is 1. The van der Waals surface area contributed by atoms with Gasteiger partial charge in [-0.25, -0.2) is 13.1 Å². The van der Waals surface area contributed by atoms with Gasteiger partial charge in [0.05, 0.1) is 28.8 Å². The van der Waals surface area contributed by atoms with Gasteiger partial charge in [-0.1, -0.05) is 12.1 Å². The van der Waals surface area contributed by atoms with Crippen molar-refractivity contribution in [3.63, 3.8) is 0 Å². The standard InChI is InChI=1S/C18H19N3O3S2/c1-11-3-4-14-15(9-25-16(14)7-11)18(22)19-17-8-12(2)20-21(17)13-5-6-26(23,24)10-13/h3-4,7-9,13H,5-6,10H2,1-2H3,(H,19,22). The van der Waals surface area contributed by atoms with Crippen LogP contribution in [0.3, 0.4) is 0 Å². The van der Waals surface area contributed by atoms with Gasteiger partial charge in [0, 0.05) is 21.5 Å². The molecule has 0 bridgehead atoms. The lowest BCUT2D eigenvalue weighted by atomic mass is 10.1. The van der Waals surface area contributed by atoms with E-state index in [1.54, 1.807) is 10.7 Å². The van der Waals surface area contributed by atoms with Crippen molar-refractivity contribution in [3.8, 4) is 0 Å². The van der Waals surface area contributed by atoms with Crippen LogP contribution >= 0.6 is 11.3 Å². The smallest absolute Gasteiger partial charge is 0.258 e. The molecule has 1 amide bonds. The third kappa shape index (κ3) is 3.14. The summed E-state index contributed by atoms with van der Waals surface area (Å²) in [6, 6.07) is 7.56. The molecule has 0 radical (unpaired) electrons. The average molecular weight is 390 g/mol. The Morgan fingerprint density at radius 2 is 2.12 bits per heavy atom. The quantitative estimate of drug-likeness (QED) is 0.745. The van der Waals surface area contributed by atoms with Crippen LogP contribution in [0.15, 0.2) is 29.6 Å². The number of nitrogens with one attached hydrogen (secondary N) is 1. The van der Waals surface area contributed by atoms with Crippen LogP contribution in [0.4, 0.5) is 5.82 Å². The highest BCUT2D eigenvalue weighted by Crippen LogP contribution is 2.30. The van der Waals surface area contributed by atoms with Crippen LogP contribution < -0.4 is 5.32 Å². The molecular formula is C18H19N3O3S2. The summed E-state index contributed by atoms with van der Waals surface area (Å²) in [7, 11) is -3.03. The molecule has 0 spiro atoms. The van der Waals surface area contributed by atoms with Crippen LogP contribution in [-0.4, -0.2) is 35.6 Å². The van der Waals surface area contributed by atoms with E-state index in [0.29, 0.717) is 17.8 Å². The van der Waals surface area contributed by atoms with Gasteiger partial charge in [-0.05, 0) is 31.9 Å². The van der Waals surface area contributed by atoms with E-state index in [4.69, 9.17) is 0 Å². The summed E-state index contributed by atoms with van der Waals surface area (Å²) < 4.78 is 26.3. The van der Waals surface area contributed by atoms with Crippen molar-refractivity contribution in [1.82, 2.24) is 9.78 Å². The number of anilines is 1. The molecule has 8 heteroatoms. The summed E-state index contributed by atoms with van der Waals surface area (Å²) in [4.78, 5) is 12.8. The Balaban J connectivity index is 1.64. The summed E-state index contributed by atoms with van der Waals surface area (Å²) in [5.74, 6) is 0.569. The third-order valence-corrected chi connectivity index (χ3v) is 7.33. The van der Waals surface area contributed by atoms with Crippen molar-refractivity contribution in [2.24, 2.45) is 0 Å². The largest absolute Gasteiger partial charge is 0.307 e. The van der Waals surface area contributed by atoms with E-state index in [0.717, 1.165) is 21.3 Å². The molecule has 4 rings (SSSR count). The van der Waals surface area contributed by atoms with Gasteiger partial charge in [-0.15, -0.1) is 11.3 Å². The SMILES string of the molecule is Cc1ccc2c(C(=O)Nc3cc(C)nn3C3CCS(=O)(=O)C3)csc2c1. The maximum atomic E-state index is 12.8. The van der Waals surface area contributed by atoms with Gasteiger partial charge in [0.2, 0.25) is 0 Å². The first kappa shape index (κ1) is 17.2. The second-order valence-corrected chi connectivity index (χ2v) is 9.92. The number of hydrogen-bond donors (Lipinski definition) is 1. The normalized spacial score (nSPS) is 19.1. The minimum Gasteiger partial charge on any atom is -0.307 e. The van der Waals surface area contributed by atoms with Gasteiger partial charge in [-0.3, -0.25) is 4.79 Å². The van der Waals surface area contributed by atoms with E-state index in [-0.39, 0.29) is 23.5 Å². The zero-order valence-corrected chi connectivity index (χ0v) is 16.2. The lowest BCUT2D eigenvalue weighted by molar-refractivity contribution is 0.102. The van der Waals surface area contributed by atoms with Crippen LogP contribution in [0, 0.1) is 13.8 Å². The number of aromatic nitrogens is 2. The predicted molar refractivity (Wildman–Crippen MR) is 104 cm³/mol. The van der Waals surface area contributed by atoms with E-state index in [1.807, 2.05) is 31.4 Å². The van der Waals surface area contributed by atoms with E-state index in [2.05, 4.69) is 16.5 Å². The third-order valence-electron chi connectivity index (χ3n) is 4.63. The van der Waals surface area contributed by atoms with Crippen LogP contribution in [-0.2, 0) is 9.84 Å². The lowest BCUT2D eigenvalue weighted by Gasteiger charge is -2.13. The minimum atomic E-state index is -3.03. The van der Waals surface area contributed by atoms with Crippen molar-refractivity contribution < 1.29 is 13.2 Å². The average Bonchev–Trinajstić information content (AvgIpc) is 3.23. The molecular weight excluding hydrogens is 370 g/mol. The minimum absolute atomic E-state index is 0.0671. The molecule has 1 atom stereocenters. The Hall–Kier alpha value is -2.19. The van der Waals surface area contributed by atoms with Gasteiger partial charge in [0.15, 0.2) is 9.84 Å². The zero-order valence-electron chi connectivity index (χ0n) is 14.5. The Labute approximate surface area is 155 Å².